The third-order valence-corrected chi connectivity index (χ3v) is 3.59. The van der Waals surface area contributed by atoms with Crippen molar-refractivity contribution in [3.63, 3.8) is 0 Å². The molecule has 2 saturated heterocycles. The van der Waals surface area contributed by atoms with E-state index in [1.807, 2.05) is 0 Å². The van der Waals surface area contributed by atoms with Crippen molar-refractivity contribution < 1.29 is 24.2 Å². The molecule has 1 amide bonds. The number of hydrogen-bond donors (Lipinski definition) is 1. The molecule has 2 aliphatic rings. The Morgan fingerprint density at radius 1 is 1.28 bits per heavy atom. The highest BCUT2D eigenvalue weighted by molar-refractivity contribution is 5.82. The van der Waals surface area contributed by atoms with Crippen LogP contribution in [0.15, 0.2) is 0 Å². The van der Waals surface area contributed by atoms with Gasteiger partial charge in [0, 0.05) is 20.2 Å². The number of nitrogens with zero attached hydrogens (tertiary/aromatic N) is 1. The number of rotatable bonds is 3. The molecule has 0 aromatic carbocycles. The first-order valence-corrected chi connectivity index (χ1v) is 6.31. The van der Waals surface area contributed by atoms with Crippen LogP contribution in [0.1, 0.15) is 25.7 Å². The molecule has 2 fully saturated rings. The maximum atomic E-state index is 12.2. The molecular formula is C12H19NO5. The van der Waals surface area contributed by atoms with Crippen LogP contribution in [-0.4, -0.2) is 60.4 Å². The van der Waals surface area contributed by atoms with Crippen LogP contribution in [-0.2, 0) is 19.1 Å². The Balaban J connectivity index is 1.89. The van der Waals surface area contributed by atoms with E-state index in [2.05, 4.69) is 0 Å². The predicted molar refractivity (Wildman–Crippen MR) is 62.1 cm³/mol. The minimum absolute atomic E-state index is 0.0828. The maximum absolute atomic E-state index is 12.2. The fourth-order valence-corrected chi connectivity index (χ4v) is 2.53. The molecule has 0 spiro atoms. The maximum Gasteiger partial charge on any atom is 0.332 e. The molecule has 1 N–H and O–H groups in total. The van der Waals surface area contributed by atoms with E-state index in [4.69, 9.17) is 14.6 Å². The molecule has 0 saturated carbocycles. The SMILES string of the molecule is COC1CCCN(C(=O)C2CCC(C(=O)O)O2)C1. The van der Waals surface area contributed by atoms with Gasteiger partial charge in [0.2, 0.25) is 0 Å². The Bertz CT molecular complexity index is 332. The standard InChI is InChI=1S/C12H19NO5/c1-17-8-3-2-6-13(7-8)11(14)9-4-5-10(18-9)12(15)16/h8-10H,2-7H2,1H3,(H,15,16). The largest absolute Gasteiger partial charge is 0.479 e. The summed E-state index contributed by atoms with van der Waals surface area (Å²) < 4.78 is 10.5. The number of amides is 1. The summed E-state index contributed by atoms with van der Waals surface area (Å²) in [6.45, 7) is 1.28. The molecule has 6 heteroatoms. The lowest BCUT2D eigenvalue weighted by Crippen LogP contribution is -2.47. The van der Waals surface area contributed by atoms with Crippen LogP contribution in [0.3, 0.4) is 0 Å². The fourth-order valence-electron chi connectivity index (χ4n) is 2.53. The van der Waals surface area contributed by atoms with E-state index in [-0.39, 0.29) is 12.0 Å². The van der Waals surface area contributed by atoms with Gasteiger partial charge in [-0.25, -0.2) is 4.79 Å². The summed E-state index contributed by atoms with van der Waals surface area (Å²) in [7, 11) is 1.64. The van der Waals surface area contributed by atoms with Crippen molar-refractivity contribution in [3.8, 4) is 0 Å². The van der Waals surface area contributed by atoms with Crippen molar-refractivity contribution in [2.45, 2.75) is 44.0 Å². The molecule has 6 nitrogen and oxygen atoms in total. The Labute approximate surface area is 106 Å². The molecule has 3 atom stereocenters. The van der Waals surface area contributed by atoms with Gasteiger partial charge in [0.1, 0.15) is 6.10 Å². The van der Waals surface area contributed by atoms with E-state index >= 15 is 0 Å². The van der Waals surface area contributed by atoms with E-state index in [9.17, 15) is 9.59 Å². The van der Waals surface area contributed by atoms with Crippen LogP contribution in [0, 0.1) is 0 Å². The summed E-state index contributed by atoms with van der Waals surface area (Å²) in [6.07, 6.45) is 1.43. The number of aliphatic carboxylic acids is 1. The monoisotopic (exact) mass is 257 g/mol. The summed E-state index contributed by atoms with van der Waals surface area (Å²) >= 11 is 0. The summed E-state index contributed by atoms with van der Waals surface area (Å²) in [4.78, 5) is 24.7. The lowest BCUT2D eigenvalue weighted by Gasteiger charge is -2.33. The zero-order valence-corrected chi connectivity index (χ0v) is 10.5. The smallest absolute Gasteiger partial charge is 0.332 e. The quantitative estimate of drug-likeness (QED) is 0.784. The predicted octanol–water partition coefficient (Wildman–Crippen LogP) is 0.256. The second-order valence-corrected chi connectivity index (χ2v) is 4.81. The van der Waals surface area contributed by atoms with Gasteiger partial charge in [0.15, 0.2) is 6.10 Å². The van der Waals surface area contributed by atoms with Crippen molar-refractivity contribution in [1.82, 2.24) is 4.90 Å². The molecule has 0 radical (unpaired) electrons. The number of hydrogen-bond acceptors (Lipinski definition) is 4. The minimum atomic E-state index is -0.987. The first-order valence-electron chi connectivity index (χ1n) is 6.31. The van der Waals surface area contributed by atoms with Crippen LogP contribution in [0.2, 0.25) is 0 Å². The number of likely N-dealkylation sites (tertiary alicyclic amines) is 1. The van der Waals surface area contributed by atoms with E-state index in [1.54, 1.807) is 12.0 Å². The van der Waals surface area contributed by atoms with Crippen LogP contribution < -0.4 is 0 Å². The Morgan fingerprint density at radius 2 is 2.00 bits per heavy atom. The van der Waals surface area contributed by atoms with Gasteiger partial charge in [0.05, 0.1) is 6.10 Å². The van der Waals surface area contributed by atoms with Crippen LogP contribution >= 0.6 is 0 Å². The second kappa shape index (κ2) is 5.67. The minimum Gasteiger partial charge on any atom is -0.479 e. The highest BCUT2D eigenvalue weighted by atomic mass is 16.5. The molecule has 0 aromatic heterocycles. The molecule has 2 rings (SSSR count). The lowest BCUT2D eigenvalue weighted by molar-refractivity contribution is -0.156. The third kappa shape index (κ3) is 2.81. The molecule has 0 aromatic rings. The number of ether oxygens (including phenoxy) is 2. The molecule has 2 heterocycles. The number of carbonyl (C=O) groups is 2. The Hall–Kier alpha value is -1.14. The average Bonchev–Trinajstić information content (AvgIpc) is 2.87. The van der Waals surface area contributed by atoms with Gasteiger partial charge in [-0.2, -0.15) is 0 Å². The van der Waals surface area contributed by atoms with Gasteiger partial charge in [0.25, 0.3) is 5.91 Å². The molecule has 18 heavy (non-hydrogen) atoms. The van der Waals surface area contributed by atoms with E-state index in [1.165, 1.54) is 0 Å². The van der Waals surface area contributed by atoms with Gasteiger partial charge in [-0.05, 0) is 25.7 Å². The zero-order chi connectivity index (χ0) is 13.1. The molecule has 0 aliphatic carbocycles. The van der Waals surface area contributed by atoms with Crippen molar-refractivity contribution in [2.75, 3.05) is 20.2 Å². The number of piperidine rings is 1. The number of carbonyl (C=O) groups excluding carboxylic acids is 1. The normalized spacial score (nSPS) is 32.5. The summed E-state index contributed by atoms with van der Waals surface area (Å²) in [6, 6.07) is 0. The number of carboxylic acids is 1. The Kier molecular flexibility index (Phi) is 4.19. The topological polar surface area (TPSA) is 76.1 Å². The number of carboxylic acid groups (broad SMARTS) is 1. The van der Waals surface area contributed by atoms with Gasteiger partial charge >= 0.3 is 5.97 Å². The van der Waals surface area contributed by atoms with Crippen molar-refractivity contribution in [1.29, 1.82) is 0 Å². The Morgan fingerprint density at radius 3 is 2.61 bits per heavy atom. The molecule has 0 bridgehead atoms. The van der Waals surface area contributed by atoms with Gasteiger partial charge < -0.3 is 19.5 Å². The molecule has 102 valence electrons. The van der Waals surface area contributed by atoms with Crippen LogP contribution in [0.25, 0.3) is 0 Å². The van der Waals surface area contributed by atoms with Crippen LogP contribution in [0.4, 0.5) is 0 Å². The van der Waals surface area contributed by atoms with Crippen molar-refractivity contribution in [2.24, 2.45) is 0 Å². The van der Waals surface area contributed by atoms with Crippen molar-refractivity contribution >= 4 is 11.9 Å². The van der Waals surface area contributed by atoms with E-state index < -0.39 is 18.2 Å². The van der Waals surface area contributed by atoms with Crippen LogP contribution in [0.5, 0.6) is 0 Å². The average molecular weight is 257 g/mol. The first kappa shape index (κ1) is 13.3. The number of methoxy groups -OCH3 is 1. The third-order valence-electron chi connectivity index (χ3n) is 3.59. The van der Waals surface area contributed by atoms with Gasteiger partial charge in [-0.15, -0.1) is 0 Å². The summed E-state index contributed by atoms with van der Waals surface area (Å²) in [5.74, 6) is -1.08. The highest BCUT2D eigenvalue weighted by Gasteiger charge is 2.37. The summed E-state index contributed by atoms with van der Waals surface area (Å²) in [5, 5.41) is 8.83. The molecule has 2 aliphatic heterocycles. The fraction of sp³-hybridized carbons (Fsp3) is 0.833. The second-order valence-electron chi connectivity index (χ2n) is 4.81. The molecule has 3 unspecified atom stereocenters. The molecular weight excluding hydrogens is 238 g/mol. The van der Waals surface area contributed by atoms with Gasteiger partial charge in [-0.1, -0.05) is 0 Å². The zero-order valence-electron chi connectivity index (χ0n) is 10.5. The summed E-state index contributed by atoms with van der Waals surface area (Å²) in [5.41, 5.74) is 0. The van der Waals surface area contributed by atoms with Crippen molar-refractivity contribution in [3.05, 3.63) is 0 Å². The lowest BCUT2D eigenvalue weighted by atomic mass is 10.1. The van der Waals surface area contributed by atoms with Gasteiger partial charge in [-0.3, -0.25) is 4.79 Å². The van der Waals surface area contributed by atoms with E-state index in [0.717, 1.165) is 12.8 Å². The highest BCUT2D eigenvalue weighted by Crippen LogP contribution is 2.23. The first-order chi connectivity index (χ1) is 8.61. The van der Waals surface area contributed by atoms with E-state index in [0.29, 0.717) is 25.9 Å².